The van der Waals surface area contributed by atoms with E-state index in [1.807, 2.05) is 30.1 Å². The Morgan fingerprint density at radius 2 is 1.88 bits per heavy atom. The van der Waals surface area contributed by atoms with Crippen LogP contribution in [0.5, 0.6) is 5.75 Å². The molecule has 172 valence electrons. The van der Waals surface area contributed by atoms with Crippen LogP contribution < -0.4 is 10.1 Å². The van der Waals surface area contributed by atoms with E-state index in [0.717, 1.165) is 12.3 Å². The predicted molar refractivity (Wildman–Crippen MR) is 125 cm³/mol. The van der Waals surface area contributed by atoms with E-state index < -0.39 is 0 Å². The van der Waals surface area contributed by atoms with E-state index in [2.05, 4.69) is 25.2 Å². The van der Waals surface area contributed by atoms with E-state index in [9.17, 15) is 9.59 Å². The van der Waals surface area contributed by atoms with Crippen LogP contribution in [0.2, 0.25) is 0 Å². The maximum absolute atomic E-state index is 13.3. The predicted octanol–water partition coefficient (Wildman–Crippen LogP) is 5.03. The second-order valence-corrected chi connectivity index (χ2v) is 11.0. The smallest absolute Gasteiger partial charge is 0.261 e. The van der Waals surface area contributed by atoms with E-state index in [0.29, 0.717) is 28.7 Å². The number of hydrogen-bond acceptors (Lipinski definition) is 3. The van der Waals surface area contributed by atoms with E-state index in [-0.39, 0.29) is 28.8 Å². The molecular weight excluding hydrogens is 400 g/mol. The van der Waals surface area contributed by atoms with Crippen molar-refractivity contribution >= 4 is 17.5 Å². The van der Waals surface area contributed by atoms with Crippen molar-refractivity contribution in [1.82, 2.24) is 4.90 Å². The van der Waals surface area contributed by atoms with Crippen molar-refractivity contribution in [2.75, 3.05) is 19.5 Å². The van der Waals surface area contributed by atoms with E-state index in [4.69, 9.17) is 4.74 Å². The van der Waals surface area contributed by atoms with Gasteiger partial charge in [-0.3, -0.25) is 9.59 Å². The average molecular weight is 437 g/mol. The SMILES string of the molecule is COc1ccccc1NC(=O)C1=C[C@@]2(C)C(CC[C@@H]3[C@H]2CC[C@]2(C)CCC[C@@H]32)N(C)C1=O. The lowest BCUT2D eigenvalue weighted by Crippen LogP contribution is -2.60. The van der Waals surface area contributed by atoms with Crippen molar-refractivity contribution in [2.24, 2.45) is 28.6 Å². The summed E-state index contributed by atoms with van der Waals surface area (Å²) in [7, 11) is 3.47. The molecule has 32 heavy (non-hydrogen) atoms. The molecule has 0 radical (unpaired) electrons. The molecule has 0 aromatic heterocycles. The number of nitrogens with zero attached hydrogens (tertiary/aromatic N) is 1. The number of rotatable bonds is 3. The van der Waals surface area contributed by atoms with Gasteiger partial charge in [-0.1, -0.05) is 38.5 Å². The highest BCUT2D eigenvalue weighted by Crippen LogP contribution is 2.64. The normalized spacial score (nSPS) is 38.3. The third-order valence-corrected chi connectivity index (χ3v) is 9.58. The summed E-state index contributed by atoms with van der Waals surface area (Å²) in [6.07, 6.45) is 10.8. The lowest BCUT2D eigenvalue weighted by atomic mass is 9.48. The monoisotopic (exact) mass is 436 g/mol. The zero-order valence-electron chi connectivity index (χ0n) is 19.8. The van der Waals surface area contributed by atoms with Gasteiger partial charge in [0.1, 0.15) is 11.3 Å². The highest BCUT2D eigenvalue weighted by molar-refractivity contribution is 6.23. The number of benzene rings is 1. The standard InChI is InChI=1S/C27H36N2O3/c1-26-14-7-8-19(26)17-11-12-23-27(2,20(17)13-15-26)16-18(25(31)29(23)3)24(30)28-21-9-5-6-10-22(21)32-4/h5-6,9-10,16-17,19-20,23H,7-8,11-15H2,1-4H3,(H,28,30)/t17-,19-,20+,23?,26-,27+/m0/s1. The van der Waals surface area contributed by atoms with Crippen LogP contribution in [-0.2, 0) is 9.59 Å². The van der Waals surface area contributed by atoms with Gasteiger partial charge in [-0.2, -0.15) is 0 Å². The zero-order chi connectivity index (χ0) is 22.7. The van der Waals surface area contributed by atoms with Crippen LogP contribution in [0.4, 0.5) is 5.69 Å². The molecule has 1 aromatic carbocycles. The minimum atomic E-state index is -0.338. The molecule has 1 aliphatic heterocycles. The van der Waals surface area contributed by atoms with Gasteiger partial charge in [0.15, 0.2) is 0 Å². The summed E-state index contributed by atoms with van der Waals surface area (Å²) in [6.45, 7) is 4.82. The quantitative estimate of drug-likeness (QED) is 0.676. The third kappa shape index (κ3) is 3.11. The first kappa shape index (κ1) is 21.5. The third-order valence-electron chi connectivity index (χ3n) is 9.58. The van der Waals surface area contributed by atoms with Crippen molar-refractivity contribution < 1.29 is 14.3 Å². The Labute approximate surface area is 191 Å². The van der Waals surface area contributed by atoms with E-state index in [1.165, 1.54) is 38.5 Å². The molecule has 5 nitrogen and oxygen atoms in total. The minimum Gasteiger partial charge on any atom is -0.495 e. The molecular formula is C27H36N2O3. The minimum absolute atomic E-state index is 0.164. The summed E-state index contributed by atoms with van der Waals surface area (Å²) < 4.78 is 5.38. The highest BCUT2D eigenvalue weighted by atomic mass is 16.5. The van der Waals surface area contributed by atoms with Crippen molar-refractivity contribution in [3.63, 3.8) is 0 Å². The first-order chi connectivity index (χ1) is 15.3. The molecule has 1 unspecified atom stereocenters. The number of carbonyl (C=O) groups excluding carboxylic acids is 2. The number of likely N-dealkylation sites (N-methyl/N-ethyl adjacent to an activating group) is 1. The lowest BCUT2D eigenvalue weighted by molar-refractivity contribution is -0.141. The first-order valence-electron chi connectivity index (χ1n) is 12.2. The van der Waals surface area contributed by atoms with Crippen molar-refractivity contribution in [3.8, 4) is 5.75 Å². The first-order valence-corrected chi connectivity index (χ1v) is 12.2. The number of amides is 2. The van der Waals surface area contributed by atoms with Gasteiger partial charge in [0, 0.05) is 18.5 Å². The Balaban J connectivity index is 1.48. The van der Waals surface area contributed by atoms with Crippen LogP contribution in [0.15, 0.2) is 35.9 Å². The number of carbonyl (C=O) groups is 2. The molecule has 1 aromatic rings. The maximum Gasteiger partial charge on any atom is 0.261 e. The van der Waals surface area contributed by atoms with Gasteiger partial charge in [0.25, 0.3) is 11.8 Å². The molecule has 1 N–H and O–H groups in total. The number of methoxy groups -OCH3 is 1. The number of ether oxygens (including phenoxy) is 1. The van der Waals surface area contributed by atoms with Crippen molar-refractivity contribution in [1.29, 1.82) is 0 Å². The Kier molecular flexibility index (Phi) is 5.14. The lowest BCUT2D eigenvalue weighted by Gasteiger charge is -2.60. The molecule has 4 aliphatic rings. The van der Waals surface area contributed by atoms with Crippen molar-refractivity contribution in [3.05, 3.63) is 35.9 Å². The Hall–Kier alpha value is -2.30. The van der Waals surface area contributed by atoms with Crippen LogP contribution in [0.25, 0.3) is 0 Å². The van der Waals surface area contributed by atoms with Gasteiger partial charge in [-0.15, -0.1) is 0 Å². The number of anilines is 1. The van der Waals surface area contributed by atoms with Crippen LogP contribution in [0.1, 0.15) is 58.8 Å². The van der Waals surface area contributed by atoms with Crippen LogP contribution in [0.3, 0.4) is 0 Å². The highest BCUT2D eigenvalue weighted by Gasteiger charge is 2.59. The van der Waals surface area contributed by atoms with Crippen LogP contribution in [0, 0.1) is 28.6 Å². The molecule has 1 heterocycles. The molecule has 6 atom stereocenters. The second-order valence-electron chi connectivity index (χ2n) is 11.0. The molecule has 0 bridgehead atoms. The van der Waals surface area contributed by atoms with E-state index >= 15 is 0 Å². The molecule has 0 spiro atoms. The molecule has 5 rings (SSSR count). The van der Waals surface area contributed by atoms with Gasteiger partial charge in [-0.05, 0) is 73.8 Å². The fraction of sp³-hybridized carbons (Fsp3) is 0.630. The summed E-state index contributed by atoms with van der Waals surface area (Å²) in [5.74, 6) is 2.11. The Bertz CT molecular complexity index is 971. The largest absolute Gasteiger partial charge is 0.495 e. The Morgan fingerprint density at radius 1 is 1.09 bits per heavy atom. The molecule has 3 fully saturated rings. The molecule has 5 heteroatoms. The topological polar surface area (TPSA) is 58.6 Å². The molecule has 0 saturated heterocycles. The number of para-hydroxylation sites is 2. The number of nitrogens with one attached hydrogen (secondary N) is 1. The molecule has 3 aliphatic carbocycles. The second kappa shape index (κ2) is 7.64. The number of hydrogen-bond donors (Lipinski definition) is 1. The maximum atomic E-state index is 13.3. The van der Waals surface area contributed by atoms with Gasteiger partial charge in [0.2, 0.25) is 0 Å². The van der Waals surface area contributed by atoms with Gasteiger partial charge in [0.05, 0.1) is 12.8 Å². The summed E-state index contributed by atoms with van der Waals surface area (Å²) in [5.41, 5.74) is 1.19. The summed E-state index contributed by atoms with van der Waals surface area (Å²) >= 11 is 0. The van der Waals surface area contributed by atoms with Gasteiger partial charge < -0.3 is 15.0 Å². The van der Waals surface area contributed by atoms with Gasteiger partial charge in [-0.25, -0.2) is 0 Å². The fourth-order valence-corrected chi connectivity index (χ4v) is 7.98. The Morgan fingerprint density at radius 3 is 2.66 bits per heavy atom. The average Bonchev–Trinajstić information content (AvgIpc) is 3.18. The molecule has 3 saturated carbocycles. The van der Waals surface area contributed by atoms with Crippen LogP contribution >= 0.6 is 0 Å². The van der Waals surface area contributed by atoms with E-state index in [1.54, 1.807) is 13.2 Å². The fourth-order valence-electron chi connectivity index (χ4n) is 7.98. The van der Waals surface area contributed by atoms with Crippen molar-refractivity contribution in [2.45, 2.75) is 64.8 Å². The number of fused-ring (bicyclic) bond motifs is 5. The summed E-state index contributed by atoms with van der Waals surface area (Å²) in [5, 5.41) is 2.93. The summed E-state index contributed by atoms with van der Waals surface area (Å²) in [4.78, 5) is 28.4. The molecule has 2 amide bonds. The van der Waals surface area contributed by atoms with Crippen LogP contribution in [-0.4, -0.2) is 36.9 Å². The zero-order valence-corrected chi connectivity index (χ0v) is 19.8. The summed E-state index contributed by atoms with van der Waals surface area (Å²) in [6, 6.07) is 7.50. The van der Waals surface area contributed by atoms with Gasteiger partial charge >= 0.3 is 0 Å².